The first-order valence-electron chi connectivity index (χ1n) is 11.3. The molecule has 178 valence electrons. The number of pyridine rings is 2. The van der Waals surface area contributed by atoms with E-state index in [1.54, 1.807) is 22.9 Å². The van der Waals surface area contributed by atoms with Gasteiger partial charge in [-0.2, -0.15) is 0 Å². The third kappa shape index (κ3) is 4.43. The van der Waals surface area contributed by atoms with Crippen molar-refractivity contribution in [2.75, 3.05) is 13.1 Å². The number of hydrogen-bond donors (Lipinski definition) is 1. The summed E-state index contributed by atoms with van der Waals surface area (Å²) in [5.41, 5.74) is -1.30. The molecule has 0 bridgehead atoms. The Morgan fingerprint density at radius 1 is 1.29 bits per heavy atom. The van der Waals surface area contributed by atoms with Gasteiger partial charge < -0.3 is 10.2 Å². The van der Waals surface area contributed by atoms with Gasteiger partial charge in [0, 0.05) is 24.2 Å². The number of nitrogens with zero attached hydrogens (tertiary/aromatic N) is 4. The molecule has 10 heteroatoms. The van der Waals surface area contributed by atoms with E-state index >= 15 is 0 Å². The summed E-state index contributed by atoms with van der Waals surface area (Å²) < 4.78 is 14.7. The number of amides is 2. The Morgan fingerprint density at radius 3 is 2.71 bits per heavy atom. The smallest absolute Gasteiger partial charge is 0.243 e. The Morgan fingerprint density at radius 2 is 2.09 bits per heavy atom. The summed E-state index contributed by atoms with van der Waals surface area (Å²) in [5, 5.41) is 4.11. The van der Waals surface area contributed by atoms with Crippen molar-refractivity contribution in [2.45, 2.75) is 59.4 Å². The molecule has 5 rings (SSSR count). The second kappa shape index (κ2) is 8.92. The van der Waals surface area contributed by atoms with Crippen molar-refractivity contribution in [2.24, 2.45) is 4.99 Å². The predicted molar refractivity (Wildman–Crippen MR) is 129 cm³/mol. The molecule has 2 amide bonds. The van der Waals surface area contributed by atoms with E-state index in [9.17, 15) is 14.0 Å². The average molecular weight is 502 g/mol. The zero-order chi connectivity index (χ0) is 23.9. The van der Waals surface area contributed by atoms with Crippen LogP contribution in [0.1, 0.15) is 37.8 Å². The van der Waals surface area contributed by atoms with Crippen LogP contribution in [0.4, 0.5) is 4.39 Å². The monoisotopic (exact) mass is 501 g/mol. The lowest BCUT2D eigenvalue weighted by atomic mass is 9.98. The molecule has 2 saturated carbocycles. The van der Waals surface area contributed by atoms with E-state index in [0.29, 0.717) is 32.4 Å². The molecule has 34 heavy (non-hydrogen) atoms. The van der Waals surface area contributed by atoms with Crippen LogP contribution in [-0.2, 0) is 15.0 Å². The van der Waals surface area contributed by atoms with Crippen molar-refractivity contribution in [3.05, 3.63) is 53.2 Å². The highest BCUT2D eigenvalue weighted by molar-refractivity contribution is 7.99. The molecule has 1 saturated heterocycles. The van der Waals surface area contributed by atoms with E-state index in [2.05, 4.69) is 27.0 Å². The van der Waals surface area contributed by atoms with Gasteiger partial charge in [-0.3, -0.25) is 19.6 Å². The van der Waals surface area contributed by atoms with Crippen LogP contribution in [0, 0.1) is 5.82 Å². The zero-order valence-electron chi connectivity index (χ0n) is 18.5. The van der Waals surface area contributed by atoms with Crippen LogP contribution >= 0.6 is 23.4 Å². The van der Waals surface area contributed by atoms with Crippen molar-refractivity contribution in [1.29, 1.82) is 0 Å². The minimum Gasteiger partial charge on any atom is -0.347 e. The average Bonchev–Trinajstić information content (AvgIpc) is 3.72. The fourth-order valence-electron chi connectivity index (χ4n) is 4.69. The second-order valence-corrected chi connectivity index (χ2v) is 11.1. The lowest BCUT2D eigenvalue weighted by Gasteiger charge is -2.29. The van der Waals surface area contributed by atoms with Gasteiger partial charge in [0.15, 0.2) is 0 Å². The Balaban J connectivity index is 1.40. The summed E-state index contributed by atoms with van der Waals surface area (Å²) >= 11 is 7.43. The standard InChI is InChI=1S/C24H25ClFN5O2S/c1-27-14-23(5-6-23)30-21(32)18-11-16(34-19-4-2-3-9-28-19)13-31(18)22(33)24(7-8-24)20-17(26)10-15(25)12-29-20/h2-4,9-10,12,16,18H,1,5-8,11,13-14H2,(H,30,32). The van der Waals surface area contributed by atoms with Crippen LogP contribution in [-0.4, -0.2) is 63.3 Å². The van der Waals surface area contributed by atoms with Crippen LogP contribution in [0.15, 0.2) is 46.7 Å². The molecule has 3 heterocycles. The van der Waals surface area contributed by atoms with Crippen molar-refractivity contribution < 1.29 is 14.0 Å². The van der Waals surface area contributed by atoms with Gasteiger partial charge in [0.2, 0.25) is 11.8 Å². The van der Waals surface area contributed by atoms with Crippen molar-refractivity contribution in [1.82, 2.24) is 20.2 Å². The Labute approximate surface area is 206 Å². The first kappa shape index (κ1) is 23.2. The van der Waals surface area contributed by atoms with Gasteiger partial charge in [0.1, 0.15) is 11.9 Å². The minimum atomic E-state index is -1.04. The lowest BCUT2D eigenvalue weighted by Crippen LogP contribution is -2.52. The van der Waals surface area contributed by atoms with E-state index in [0.717, 1.165) is 17.9 Å². The fraction of sp³-hybridized carbons (Fsp3) is 0.458. The van der Waals surface area contributed by atoms with E-state index in [-0.39, 0.29) is 33.3 Å². The molecule has 0 spiro atoms. The van der Waals surface area contributed by atoms with E-state index < -0.39 is 17.3 Å². The van der Waals surface area contributed by atoms with Crippen molar-refractivity contribution in [3.8, 4) is 0 Å². The van der Waals surface area contributed by atoms with Gasteiger partial charge in [-0.05, 0) is 57.0 Å². The zero-order valence-corrected chi connectivity index (χ0v) is 20.1. The van der Waals surface area contributed by atoms with Crippen LogP contribution in [0.2, 0.25) is 5.02 Å². The van der Waals surface area contributed by atoms with E-state index in [1.807, 2.05) is 18.2 Å². The fourth-order valence-corrected chi connectivity index (χ4v) is 5.97. The Kier molecular flexibility index (Phi) is 6.10. The quantitative estimate of drug-likeness (QED) is 0.560. The number of nitrogens with one attached hydrogen (secondary N) is 1. The van der Waals surface area contributed by atoms with Gasteiger partial charge in [-0.25, -0.2) is 9.37 Å². The number of aliphatic imine (C=N–C) groups is 1. The molecule has 1 aliphatic heterocycles. The molecule has 7 nitrogen and oxygen atoms in total. The first-order chi connectivity index (χ1) is 16.4. The van der Waals surface area contributed by atoms with E-state index in [1.165, 1.54) is 12.3 Å². The van der Waals surface area contributed by atoms with Gasteiger partial charge in [-0.1, -0.05) is 17.7 Å². The maximum atomic E-state index is 14.7. The molecule has 0 radical (unpaired) electrons. The topological polar surface area (TPSA) is 87.5 Å². The van der Waals surface area contributed by atoms with Crippen molar-refractivity contribution in [3.63, 3.8) is 0 Å². The summed E-state index contributed by atoms with van der Waals surface area (Å²) in [6, 6.07) is 6.20. The van der Waals surface area contributed by atoms with Gasteiger partial charge in [0.25, 0.3) is 0 Å². The van der Waals surface area contributed by atoms with E-state index in [4.69, 9.17) is 11.6 Å². The lowest BCUT2D eigenvalue weighted by molar-refractivity contribution is -0.140. The predicted octanol–water partition coefficient (Wildman–Crippen LogP) is 3.41. The minimum absolute atomic E-state index is 0.0129. The number of carbonyl (C=O) groups excluding carboxylic acids is 2. The van der Waals surface area contributed by atoms with Crippen LogP contribution in [0.3, 0.4) is 0 Å². The third-order valence-corrected chi connectivity index (χ3v) is 8.19. The van der Waals surface area contributed by atoms with Gasteiger partial charge in [0.05, 0.1) is 33.2 Å². The van der Waals surface area contributed by atoms with Gasteiger partial charge in [-0.15, -0.1) is 11.8 Å². The highest BCUT2D eigenvalue weighted by atomic mass is 35.5. The SMILES string of the molecule is C=NCC1(NC(=O)C2CC(Sc3ccccn3)CN2C(=O)C2(c3ncc(Cl)cc3F)CC2)CC1. The number of hydrogen-bond acceptors (Lipinski definition) is 6. The summed E-state index contributed by atoms with van der Waals surface area (Å²) in [6.45, 7) is 4.38. The molecular weight excluding hydrogens is 477 g/mol. The molecule has 2 aromatic rings. The summed E-state index contributed by atoms with van der Waals surface area (Å²) in [5.74, 6) is -1.04. The number of likely N-dealkylation sites (tertiary alicyclic amines) is 1. The van der Waals surface area contributed by atoms with Crippen LogP contribution in [0.25, 0.3) is 0 Å². The Bertz CT molecular complexity index is 1130. The molecule has 2 aliphatic carbocycles. The Hall–Kier alpha value is -2.52. The van der Waals surface area contributed by atoms with Gasteiger partial charge >= 0.3 is 0 Å². The van der Waals surface area contributed by atoms with Crippen LogP contribution < -0.4 is 5.32 Å². The largest absolute Gasteiger partial charge is 0.347 e. The van der Waals surface area contributed by atoms with Crippen LogP contribution in [0.5, 0.6) is 0 Å². The third-order valence-electron chi connectivity index (χ3n) is 6.83. The maximum absolute atomic E-state index is 14.7. The number of thioether (sulfide) groups is 1. The first-order valence-corrected chi connectivity index (χ1v) is 12.6. The molecule has 2 unspecified atom stereocenters. The molecule has 3 fully saturated rings. The normalized spacial score (nSPS) is 23.9. The number of rotatable bonds is 8. The molecule has 1 N–H and O–H groups in total. The van der Waals surface area contributed by atoms with Crippen molar-refractivity contribution >= 4 is 41.9 Å². The molecule has 0 aromatic carbocycles. The molecular formula is C24H25ClFN5O2S. The summed E-state index contributed by atoms with van der Waals surface area (Å²) in [4.78, 5) is 41.3. The number of halogens is 2. The highest BCUT2D eigenvalue weighted by Gasteiger charge is 2.59. The highest BCUT2D eigenvalue weighted by Crippen LogP contribution is 2.51. The summed E-state index contributed by atoms with van der Waals surface area (Å²) in [6.07, 6.45) is 6.24. The maximum Gasteiger partial charge on any atom is 0.243 e. The summed E-state index contributed by atoms with van der Waals surface area (Å²) in [7, 11) is 0. The number of carbonyl (C=O) groups is 2. The molecule has 2 aromatic heterocycles. The number of aromatic nitrogens is 2. The molecule has 2 atom stereocenters. The molecule has 3 aliphatic rings. The second-order valence-electron chi connectivity index (χ2n) is 9.33.